The zero-order chi connectivity index (χ0) is 29.5. The molecule has 0 aliphatic heterocycles. The van der Waals surface area contributed by atoms with E-state index < -0.39 is 0 Å². The number of nitrogens with zero attached hydrogens (tertiary/aromatic N) is 3. The van der Waals surface area contributed by atoms with Crippen LogP contribution in [0.3, 0.4) is 0 Å². The first-order valence-corrected chi connectivity index (χ1v) is 15.9. The van der Waals surface area contributed by atoms with E-state index in [1.807, 2.05) is 17.0 Å². The highest BCUT2D eigenvalue weighted by atomic mass is 16.4. The monoisotopic (exact) mass is 551 g/mol. The third-order valence-electron chi connectivity index (χ3n) is 9.43. The quantitative estimate of drug-likeness (QED) is 0.231. The van der Waals surface area contributed by atoms with Gasteiger partial charge in [0.2, 0.25) is 0 Å². The van der Waals surface area contributed by atoms with Crippen molar-refractivity contribution in [2.45, 2.75) is 105 Å². The second-order valence-corrected chi connectivity index (χ2v) is 13.1. The molecule has 1 heterocycles. The van der Waals surface area contributed by atoms with Crippen molar-refractivity contribution in [1.29, 1.82) is 0 Å². The maximum absolute atomic E-state index is 13.7. The normalized spacial score (nSPS) is 16.0. The molecule has 0 atom stereocenters. The van der Waals surface area contributed by atoms with Gasteiger partial charge in [-0.1, -0.05) is 67.5 Å². The minimum absolute atomic E-state index is 0.0235. The lowest BCUT2D eigenvalue weighted by molar-refractivity contribution is 0.0707. The van der Waals surface area contributed by atoms with Gasteiger partial charge in [0.1, 0.15) is 5.76 Å². The van der Waals surface area contributed by atoms with Gasteiger partial charge in [0, 0.05) is 19.5 Å². The lowest BCUT2D eigenvalue weighted by Crippen LogP contribution is -2.36. The Morgan fingerprint density at radius 3 is 1.77 bits per heavy atom. The van der Waals surface area contributed by atoms with Crippen molar-refractivity contribution in [3.05, 3.63) is 58.0 Å². The molecule has 0 unspecified atom stereocenters. The first kappa shape index (κ1) is 32.4. The highest BCUT2D eigenvalue weighted by molar-refractivity contribution is 5.91. The number of aryl methyl sites for hydroxylation is 1. The lowest BCUT2D eigenvalue weighted by atomic mass is 9.62. The predicted octanol–water partition coefficient (Wildman–Crippen LogP) is 7.43. The fraction of sp³-hybridized carbons (Fsp3) is 0.686. The third kappa shape index (κ3) is 8.00. The Labute approximate surface area is 245 Å². The van der Waals surface area contributed by atoms with Crippen molar-refractivity contribution in [3.8, 4) is 0 Å². The van der Waals surface area contributed by atoms with E-state index >= 15 is 0 Å². The number of hydrogen-bond acceptors (Lipinski definition) is 4. The highest BCUT2D eigenvalue weighted by Crippen LogP contribution is 2.46. The summed E-state index contributed by atoms with van der Waals surface area (Å²) in [6.07, 6.45) is 5.09. The summed E-state index contributed by atoms with van der Waals surface area (Å²) in [6, 6.07) is 8.72. The van der Waals surface area contributed by atoms with Crippen LogP contribution in [0.25, 0.3) is 0 Å². The van der Waals surface area contributed by atoms with Gasteiger partial charge in [-0.2, -0.15) is 0 Å². The van der Waals surface area contributed by atoms with E-state index in [1.165, 1.54) is 35.1 Å². The summed E-state index contributed by atoms with van der Waals surface area (Å²) in [5.41, 5.74) is 5.95. The molecule has 0 radical (unpaired) electrons. The topological polar surface area (TPSA) is 39.9 Å². The molecule has 1 aromatic heterocycles. The first-order valence-electron chi connectivity index (χ1n) is 15.9. The number of fused-ring (bicyclic) bond motifs is 1. The van der Waals surface area contributed by atoms with E-state index in [2.05, 4.69) is 84.2 Å². The molecule has 0 saturated heterocycles. The molecule has 5 nitrogen and oxygen atoms in total. The first-order chi connectivity index (χ1) is 18.9. The van der Waals surface area contributed by atoms with Gasteiger partial charge in [-0.15, -0.1) is 0 Å². The van der Waals surface area contributed by atoms with Crippen molar-refractivity contribution in [3.63, 3.8) is 0 Å². The molecule has 1 aliphatic carbocycles. The maximum Gasteiger partial charge on any atom is 0.289 e. The van der Waals surface area contributed by atoms with Crippen LogP contribution >= 0.6 is 0 Å². The lowest BCUT2D eigenvalue weighted by Gasteiger charge is -2.42. The zero-order valence-electron chi connectivity index (χ0n) is 27.2. The molecule has 1 aliphatic rings. The van der Waals surface area contributed by atoms with E-state index in [0.29, 0.717) is 12.2 Å². The Morgan fingerprint density at radius 1 is 0.775 bits per heavy atom. The molecule has 40 heavy (non-hydrogen) atoms. The van der Waals surface area contributed by atoms with E-state index in [1.54, 1.807) is 0 Å². The van der Waals surface area contributed by atoms with Gasteiger partial charge in [-0.3, -0.25) is 4.79 Å². The fourth-order valence-electron chi connectivity index (χ4n) is 6.25. The van der Waals surface area contributed by atoms with Gasteiger partial charge in [-0.25, -0.2) is 0 Å². The van der Waals surface area contributed by atoms with Crippen LogP contribution in [0.5, 0.6) is 0 Å². The van der Waals surface area contributed by atoms with Crippen LogP contribution in [0.2, 0.25) is 0 Å². The molecule has 1 aromatic carbocycles. The minimum Gasteiger partial charge on any atom is -0.456 e. The van der Waals surface area contributed by atoms with Gasteiger partial charge >= 0.3 is 0 Å². The van der Waals surface area contributed by atoms with Crippen LogP contribution in [0, 0.1) is 6.92 Å². The number of rotatable bonds is 15. The number of carbonyl (C=O) groups excluding carboxylic acids is 1. The molecule has 0 bridgehead atoms. The van der Waals surface area contributed by atoms with E-state index in [-0.39, 0.29) is 16.7 Å². The van der Waals surface area contributed by atoms with Gasteiger partial charge in [0.25, 0.3) is 5.91 Å². The van der Waals surface area contributed by atoms with E-state index in [9.17, 15) is 4.79 Å². The third-order valence-corrected chi connectivity index (χ3v) is 9.43. The Morgan fingerprint density at radius 2 is 1.27 bits per heavy atom. The SMILES string of the molecule is CCN(CC)CCCN(CCCN(CC)CC)C(=O)c1ccc(Cc2cc3c(cc2C)C(C)(C)CCC3(C)C)o1. The highest BCUT2D eigenvalue weighted by Gasteiger charge is 2.37. The Bertz CT molecular complexity index is 1070. The van der Waals surface area contributed by atoms with Gasteiger partial charge < -0.3 is 19.1 Å². The van der Waals surface area contributed by atoms with Crippen LogP contribution in [0.1, 0.15) is 120 Å². The average molecular weight is 552 g/mol. The molecule has 224 valence electrons. The standard InChI is InChI=1S/C35H57N3O2/c1-10-36(11-2)20-14-22-38(23-15-21-37(12-3)13-4)33(39)32-17-16-29(40-32)25-28-26-31-30(24-27(28)5)34(6,7)18-19-35(31,8)9/h16-17,24,26H,10-15,18-23,25H2,1-9H3. The summed E-state index contributed by atoms with van der Waals surface area (Å²) in [6.45, 7) is 28.3. The summed E-state index contributed by atoms with van der Waals surface area (Å²) in [4.78, 5) is 20.5. The van der Waals surface area contributed by atoms with Crippen molar-refractivity contribution in [2.75, 3.05) is 52.4 Å². The van der Waals surface area contributed by atoms with Gasteiger partial charge in [0.05, 0.1) is 0 Å². The van der Waals surface area contributed by atoms with Crippen molar-refractivity contribution < 1.29 is 9.21 Å². The minimum atomic E-state index is 0.0235. The number of hydrogen-bond donors (Lipinski definition) is 0. The molecule has 1 amide bonds. The molecule has 5 heteroatoms. The summed E-state index contributed by atoms with van der Waals surface area (Å²) < 4.78 is 6.25. The predicted molar refractivity (Wildman–Crippen MR) is 169 cm³/mol. The molecular formula is C35H57N3O2. The number of amides is 1. The van der Waals surface area contributed by atoms with E-state index in [0.717, 1.165) is 71.0 Å². The molecule has 0 N–H and O–H groups in total. The van der Waals surface area contributed by atoms with Crippen molar-refractivity contribution in [1.82, 2.24) is 14.7 Å². The molecule has 3 rings (SSSR count). The zero-order valence-corrected chi connectivity index (χ0v) is 27.2. The van der Waals surface area contributed by atoms with Crippen molar-refractivity contribution >= 4 is 5.91 Å². The summed E-state index contributed by atoms with van der Waals surface area (Å²) in [5, 5.41) is 0. The average Bonchev–Trinajstić information content (AvgIpc) is 3.39. The second kappa shape index (κ2) is 14.2. The van der Waals surface area contributed by atoms with Crippen LogP contribution < -0.4 is 0 Å². The van der Waals surface area contributed by atoms with Gasteiger partial charge in [-0.05, 0) is 117 Å². The van der Waals surface area contributed by atoms with Crippen LogP contribution in [-0.2, 0) is 17.3 Å². The van der Waals surface area contributed by atoms with Gasteiger partial charge in [0.15, 0.2) is 5.76 Å². The summed E-state index contributed by atoms with van der Waals surface area (Å²) >= 11 is 0. The molecule has 0 fully saturated rings. The summed E-state index contributed by atoms with van der Waals surface area (Å²) in [7, 11) is 0. The van der Waals surface area contributed by atoms with Crippen LogP contribution in [0.4, 0.5) is 0 Å². The number of carbonyl (C=O) groups is 1. The van der Waals surface area contributed by atoms with E-state index in [4.69, 9.17) is 4.42 Å². The largest absolute Gasteiger partial charge is 0.456 e. The fourth-order valence-corrected chi connectivity index (χ4v) is 6.25. The van der Waals surface area contributed by atoms with Crippen LogP contribution in [0.15, 0.2) is 28.7 Å². The molecule has 2 aromatic rings. The maximum atomic E-state index is 13.7. The number of furan rings is 1. The Balaban J connectivity index is 1.75. The Kier molecular flexibility index (Phi) is 11.5. The molecule has 0 spiro atoms. The number of benzene rings is 1. The molecule has 0 saturated carbocycles. The smallest absolute Gasteiger partial charge is 0.289 e. The Hall–Kier alpha value is -2.11. The van der Waals surface area contributed by atoms with Crippen molar-refractivity contribution in [2.24, 2.45) is 0 Å². The summed E-state index contributed by atoms with van der Waals surface area (Å²) in [5.74, 6) is 1.36. The second-order valence-electron chi connectivity index (χ2n) is 13.1. The van der Waals surface area contributed by atoms with Crippen LogP contribution in [-0.4, -0.2) is 73.0 Å². The molecular weight excluding hydrogens is 494 g/mol.